The van der Waals surface area contributed by atoms with E-state index in [4.69, 9.17) is 4.74 Å². The van der Waals surface area contributed by atoms with Crippen molar-refractivity contribution >= 4 is 31.9 Å². The van der Waals surface area contributed by atoms with Gasteiger partial charge in [-0.3, -0.25) is 0 Å². The van der Waals surface area contributed by atoms with E-state index >= 15 is 0 Å². The van der Waals surface area contributed by atoms with Crippen molar-refractivity contribution in [3.8, 4) is 0 Å². The van der Waals surface area contributed by atoms with Crippen molar-refractivity contribution in [2.75, 3.05) is 17.3 Å². The van der Waals surface area contributed by atoms with Crippen LogP contribution >= 0.6 is 31.9 Å². The van der Waals surface area contributed by atoms with E-state index in [1.165, 1.54) is 25.7 Å². The molecule has 1 aliphatic rings. The second-order valence-electron chi connectivity index (χ2n) is 5.20. The first-order valence-corrected chi connectivity index (χ1v) is 8.10. The van der Waals surface area contributed by atoms with Crippen LogP contribution in [-0.2, 0) is 4.74 Å². The Kier molecular flexibility index (Phi) is 6.16. The number of alkyl halides is 2. The number of hydrogen-bond acceptors (Lipinski definition) is 1. The lowest BCUT2D eigenvalue weighted by molar-refractivity contribution is 0.0686. The van der Waals surface area contributed by atoms with Gasteiger partial charge in [0.15, 0.2) is 0 Å². The normalized spacial score (nSPS) is 22.6. The predicted octanol–water partition coefficient (Wildman–Crippen LogP) is 4.38. The average Bonchev–Trinajstić information content (AvgIpc) is 2.68. The van der Waals surface area contributed by atoms with Crippen LogP contribution in [0.4, 0.5) is 0 Å². The molecule has 0 bridgehead atoms. The summed E-state index contributed by atoms with van der Waals surface area (Å²) >= 11 is 7.37. The highest BCUT2D eigenvalue weighted by atomic mass is 79.9. The number of hydrogen-bond donors (Lipinski definition) is 0. The third-order valence-electron chi connectivity index (χ3n) is 3.09. The van der Waals surface area contributed by atoms with Gasteiger partial charge in [-0.05, 0) is 37.0 Å². The Morgan fingerprint density at radius 3 is 2.40 bits per heavy atom. The standard InChI is InChI=1S/C12H22Br2O/c1-10(2)6-12(8-13,9-14)7-11-4-3-5-15-11/h10-11H,3-9H2,1-2H3. The quantitative estimate of drug-likeness (QED) is 0.651. The van der Waals surface area contributed by atoms with Crippen LogP contribution in [0.15, 0.2) is 0 Å². The molecule has 1 saturated heterocycles. The summed E-state index contributed by atoms with van der Waals surface area (Å²) < 4.78 is 5.75. The molecule has 1 heterocycles. The minimum Gasteiger partial charge on any atom is -0.378 e. The number of ether oxygens (including phenoxy) is 1. The monoisotopic (exact) mass is 340 g/mol. The minimum absolute atomic E-state index is 0.378. The zero-order valence-electron chi connectivity index (χ0n) is 9.77. The molecular weight excluding hydrogens is 320 g/mol. The lowest BCUT2D eigenvalue weighted by Gasteiger charge is -2.34. The summed E-state index contributed by atoms with van der Waals surface area (Å²) in [5.41, 5.74) is 0.378. The van der Waals surface area contributed by atoms with Crippen molar-refractivity contribution in [1.29, 1.82) is 0 Å². The van der Waals surface area contributed by atoms with Crippen LogP contribution in [0, 0.1) is 11.3 Å². The van der Waals surface area contributed by atoms with Crippen molar-refractivity contribution in [2.24, 2.45) is 11.3 Å². The molecule has 1 unspecified atom stereocenters. The highest BCUT2D eigenvalue weighted by molar-refractivity contribution is 9.09. The molecule has 1 fully saturated rings. The van der Waals surface area contributed by atoms with Crippen molar-refractivity contribution in [2.45, 2.75) is 45.6 Å². The van der Waals surface area contributed by atoms with E-state index in [-0.39, 0.29) is 0 Å². The molecule has 15 heavy (non-hydrogen) atoms. The highest BCUT2D eigenvalue weighted by Crippen LogP contribution is 2.38. The fraction of sp³-hybridized carbons (Fsp3) is 1.00. The summed E-state index contributed by atoms with van der Waals surface area (Å²) in [7, 11) is 0. The molecule has 0 N–H and O–H groups in total. The molecule has 0 amide bonds. The Morgan fingerprint density at radius 1 is 1.33 bits per heavy atom. The van der Waals surface area contributed by atoms with Crippen LogP contribution < -0.4 is 0 Å². The van der Waals surface area contributed by atoms with E-state index in [1.807, 2.05) is 0 Å². The lowest BCUT2D eigenvalue weighted by Crippen LogP contribution is -2.31. The van der Waals surface area contributed by atoms with E-state index in [9.17, 15) is 0 Å². The first kappa shape index (κ1) is 14.0. The van der Waals surface area contributed by atoms with Crippen LogP contribution in [-0.4, -0.2) is 23.4 Å². The van der Waals surface area contributed by atoms with E-state index < -0.39 is 0 Å². The van der Waals surface area contributed by atoms with Crippen molar-refractivity contribution in [3.63, 3.8) is 0 Å². The average molecular weight is 342 g/mol. The van der Waals surface area contributed by atoms with Crippen LogP contribution in [0.5, 0.6) is 0 Å². The predicted molar refractivity (Wildman–Crippen MR) is 73.1 cm³/mol. The maximum Gasteiger partial charge on any atom is 0.0581 e. The molecule has 90 valence electrons. The second-order valence-corrected chi connectivity index (χ2v) is 6.33. The summed E-state index contributed by atoms with van der Waals surface area (Å²) in [5.74, 6) is 0.751. The Morgan fingerprint density at radius 2 is 2.00 bits per heavy atom. The van der Waals surface area contributed by atoms with Crippen molar-refractivity contribution < 1.29 is 4.74 Å². The third-order valence-corrected chi connectivity index (χ3v) is 5.47. The van der Waals surface area contributed by atoms with Gasteiger partial charge in [0.2, 0.25) is 0 Å². The van der Waals surface area contributed by atoms with E-state index in [2.05, 4.69) is 45.7 Å². The molecule has 0 aromatic rings. The van der Waals surface area contributed by atoms with Gasteiger partial charge in [0.25, 0.3) is 0 Å². The zero-order chi connectivity index (χ0) is 11.3. The first-order valence-electron chi connectivity index (χ1n) is 5.85. The maximum atomic E-state index is 5.75. The Labute approximate surface area is 111 Å². The molecule has 0 spiro atoms. The van der Waals surface area contributed by atoms with Gasteiger partial charge in [-0.25, -0.2) is 0 Å². The summed E-state index contributed by atoms with van der Waals surface area (Å²) in [5, 5.41) is 2.15. The topological polar surface area (TPSA) is 9.23 Å². The molecule has 0 saturated carbocycles. The van der Waals surface area contributed by atoms with E-state index in [0.717, 1.165) is 23.2 Å². The Bertz CT molecular complexity index is 172. The molecule has 0 aromatic heterocycles. The second kappa shape index (κ2) is 6.61. The number of rotatable bonds is 6. The Hall–Kier alpha value is 0.920. The smallest absolute Gasteiger partial charge is 0.0581 e. The molecule has 1 aliphatic heterocycles. The Balaban J connectivity index is 2.53. The summed E-state index contributed by atoms with van der Waals surface area (Å²) in [6, 6.07) is 0. The maximum absolute atomic E-state index is 5.75. The van der Waals surface area contributed by atoms with Gasteiger partial charge < -0.3 is 4.74 Å². The molecule has 0 aliphatic carbocycles. The molecule has 1 atom stereocenters. The van der Waals surface area contributed by atoms with Gasteiger partial charge in [-0.15, -0.1) is 0 Å². The molecule has 1 rings (SSSR count). The fourth-order valence-corrected chi connectivity index (χ4v) is 4.34. The molecule has 0 aromatic carbocycles. The van der Waals surface area contributed by atoms with E-state index in [0.29, 0.717) is 11.5 Å². The van der Waals surface area contributed by atoms with Gasteiger partial charge >= 0.3 is 0 Å². The molecular formula is C12H22Br2O. The van der Waals surface area contributed by atoms with Gasteiger partial charge in [0, 0.05) is 17.3 Å². The third kappa shape index (κ3) is 4.35. The van der Waals surface area contributed by atoms with E-state index in [1.54, 1.807) is 0 Å². The van der Waals surface area contributed by atoms with Crippen LogP contribution in [0.2, 0.25) is 0 Å². The molecule has 0 radical (unpaired) electrons. The lowest BCUT2D eigenvalue weighted by atomic mass is 9.79. The van der Waals surface area contributed by atoms with Gasteiger partial charge in [-0.2, -0.15) is 0 Å². The summed E-state index contributed by atoms with van der Waals surface area (Å²) in [6.07, 6.45) is 5.46. The number of halogens is 2. The zero-order valence-corrected chi connectivity index (χ0v) is 12.9. The summed E-state index contributed by atoms with van der Waals surface area (Å²) in [6.45, 7) is 5.57. The van der Waals surface area contributed by atoms with Gasteiger partial charge in [0.05, 0.1) is 6.10 Å². The van der Waals surface area contributed by atoms with Crippen LogP contribution in [0.1, 0.15) is 39.5 Å². The van der Waals surface area contributed by atoms with Gasteiger partial charge in [-0.1, -0.05) is 45.7 Å². The fourth-order valence-electron chi connectivity index (χ4n) is 2.49. The molecule has 1 nitrogen and oxygen atoms in total. The van der Waals surface area contributed by atoms with Crippen molar-refractivity contribution in [1.82, 2.24) is 0 Å². The van der Waals surface area contributed by atoms with Crippen LogP contribution in [0.3, 0.4) is 0 Å². The first-order chi connectivity index (χ1) is 7.12. The SMILES string of the molecule is CC(C)CC(CBr)(CBr)CC1CCCO1. The highest BCUT2D eigenvalue weighted by Gasteiger charge is 2.33. The van der Waals surface area contributed by atoms with Crippen molar-refractivity contribution in [3.05, 3.63) is 0 Å². The minimum atomic E-state index is 0.378. The molecule has 3 heteroatoms. The summed E-state index contributed by atoms with van der Waals surface area (Å²) in [4.78, 5) is 0. The van der Waals surface area contributed by atoms with Crippen LogP contribution in [0.25, 0.3) is 0 Å². The largest absolute Gasteiger partial charge is 0.378 e. The van der Waals surface area contributed by atoms with Gasteiger partial charge in [0.1, 0.15) is 0 Å².